The molecule has 0 saturated carbocycles. The van der Waals surface area contributed by atoms with Crippen molar-refractivity contribution in [3.63, 3.8) is 0 Å². The Bertz CT molecular complexity index is 325. The molecule has 3 heteroatoms. The van der Waals surface area contributed by atoms with Crippen LogP contribution in [0.3, 0.4) is 0 Å². The lowest BCUT2D eigenvalue weighted by Gasteiger charge is -2.03. The summed E-state index contributed by atoms with van der Waals surface area (Å²) in [4.78, 5) is 10.4. The predicted molar refractivity (Wildman–Crippen MR) is 75.4 cm³/mol. The summed E-state index contributed by atoms with van der Waals surface area (Å²) in [7, 11) is 0. The van der Waals surface area contributed by atoms with Crippen LogP contribution in [0.15, 0.2) is 30.3 Å². The highest BCUT2D eigenvalue weighted by molar-refractivity contribution is 5.71. The van der Waals surface area contributed by atoms with Gasteiger partial charge in [-0.2, -0.15) is 0 Å². The molecule has 0 aliphatic rings. The van der Waals surface area contributed by atoms with Gasteiger partial charge >= 0.3 is 6.03 Å². The summed E-state index contributed by atoms with van der Waals surface area (Å²) in [6, 6.07) is 10.2. The molecule has 0 radical (unpaired) electrons. The zero-order chi connectivity index (χ0) is 13.1. The number of rotatable bonds is 9. The van der Waals surface area contributed by atoms with E-state index in [1.165, 1.54) is 44.1 Å². The van der Waals surface area contributed by atoms with E-state index in [0.717, 1.165) is 6.42 Å². The highest BCUT2D eigenvalue weighted by Crippen LogP contribution is 2.09. The van der Waals surface area contributed by atoms with Gasteiger partial charge in [0.05, 0.1) is 0 Å². The van der Waals surface area contributed by atoms with Gasteiger partial charge in [0, 0.05) is 6.54 Å². The maximum Gasteiger partial charge on any atom is 0.312 e. The van der Waals surface area contributed by atoms with Gasteiger partial charge in [0.1, 0.15) is 0 Å². The molecule has 2 amide bonds. The Morgan fingerprint density at radius 3 is 2.22 bits per heavy atom. The van der Waals surface area contributed by atoms with Crippen molar-refractivity contribution < 1.29 is 4.79 Å². The van der Waals surface area contributed by atoms with Crippen molar-refractivity contribution in [3.8, 4) is 0 Å². The summed E-state index contributed by atoms with van der Waals surface area (Å²) in [6.45, 7) is 0.708. The molecule has 18 heavy (non-hydrogen) atoms. The van der Waals surface area contributed by atoms with Crippen molar-refractivity contribution in [1.29, 1.82) is 0 Å². The highest BCUT2D eigenvalue weighted by Gasteiger charge is 1.94. The SMILES string of the molecule is NC(=O)NCCCCCCCCc1ccccc1. The Labute approximate surface area is 110 Å². The average molecular weight is 248 g/mol. The van der Waals surface area contributed by atoms with E-state index in [2.05, 4.69) is 35.6 Å². The van der Waals surface area contributed by atoms with Crippen LogP contribution in [-0.2, 0) is 6.42 Å². The van der Waals surface area contributed by atoms with E-state index in [0.29, 0.717) is 6.54 Å². The number of nitrogens with one attached hydrogen (secondary N) is 1. The Morgan fingerprint density at radius 1 is 0.944 bits per heavy atom. The highest BCUT2D eigenvalue weighted by atomic mass is 16.2. The van der Waals surface area contributed by atoms with E-state index in [-0.39, 0.29) is 0 Å². The second-order valence-corrected chi connectivity index (χ2v) is 4.65. The maximum absolute atomic E-state index is 10.4. The van der Waals surface area contributed by atoms with Crippen LogP contribution >= 0.6 is 0 Å². The number of primary amides is 1. The number of unbranched alkanes of at least 4 members (excludes halogenated alkanes) is 5. The van der Waals surface area contributed by atoms with Crippen LogP contribution in [0.4, 0.5) is 4.79 Å². The van der Waals surface area contributed by atoms with Crippen molar-refractivity contribution >= 4 is 6.03 Å². The molecule has 0 unspecified atom stereocenters. The van der Waals surface area contributed by atoms with Gasteiger partial charge in [-0.15, -0.1) is 0 Å². The number of hydrogen-bond acceptors (Lipinski definition) is 1. The van der Waals surface area contributed by atoms with Crippen molar-refractivity contribution in [2.24, 2.45) is 5.73 Å². The quantitative estimate of drug-likeness (QED) is 0.648. The molecule has 0 aliphatic carbocycles. The number of aryl methyl sites for hydroxylation is 1. The first-order chi connectivity index (χ1) is 8.79. The van der Waals surface area contributed by atoms with Crippen molar-refractivity contribution in [1.82, 2.24) is 5.32 Å². The summed E-state index contributed by atoms with van der Waals surface area (Å²) in [5, 5.41) is 2.61. The Balaban J connectivity index is 1.86. The molecule has 0 heterocycles. The summed E-state index contributed by atoms with van der Waals surface area (Å²) in [6.07, 6.45) is 8.47. The Hall–Kier alpha value is -1.51. The maximum atomic E-state index is 10.4. The minimum Gasteiger partial charge on any atom is -0.352 e. The summed E-state index contributed by atoms with van der Waals surface area (Å²) in [5.41, 5.74) is 6.41. The molecule has 100 valence electrons. The normalized spacial score (nSPS) is 10.2. The van der Waals surface area contributed by atoms with Gasteiger partial charge < -0.3 is 11.1 Å². The van der Waals surface area contributed by atoms with Gasteiger partial charge in [-0.1, -0.05) is 56.0 Å². The van der Waals surface area contributed by atoms with Crippen molar-refractivity contribution in [3.05, 3.63) is 35.9 Å². The lowest BCUT2D eigenvalue weighted by molar-refractivity contribution is 0.248. The Kier molecular flexibility index (Phi) is 7.69. The molecule has 3 nitrogen and oxygen atoms in total. The standard InChI is InChI=1S/C15H24N2O/c16-15(18)17-13-9-4-2-1-3-6-10-14-11-7-5-8-12-14/h5,7-8,11-12H,1-4,6,9-10,13H2,(H3,16,17,18). The first-order valence-electron chi connectivity index (χ1n) is 6.86. The van der Waals surface area contributed by atoms with E-state index < -0.39 is 6.03 Å². The largest absolute Gasteiger partial charge is 0.352 e. The molecular weight excluding hydrogens is 224 g/mol. The zero-order valence-electron chi connectivity index (χ0n) is 11.0. The smallest absolute Gasteiger partial charge is 0.312 e. The van der Waals surface area contributed by atoms with Gasteiger partial charge in [0.15, 0.2) is 0 Å². The third kappa shape index (κ3) is 7.71. The number of benzene rings is 1. The third-order valence-electron chi connectivity index (χ3n) is 3.03. The van der Waals surface area contributed by atoms with Gasteiger partial charge in [0.25, 0.3) is 0 Å². The Morgan fingerprint density at radius 2 is 1.56 bits per heavy atom. The predicted octanol–water partition coefficient (Wildman–Crippen LogP) is 3.24. The lowest BCUT2D eigenvalue weighted by atomic mass is 10.1. The number of amides is 2. The molecule has 0 spiro atoms. The fourth-order valence-corrected chi connectivity index (χ4v) is 2.02. The van der Waals surface area contributed by atoms with Crippen LogP contribution < -0.4 is 11.1 Å². The minimum atomic E-state index is -0.419. The number of carbonyl (C=O) groups excluding carboxylic acids is 1. The van der Waals surface area contributed by atoms with Gasteiger partial charge in [-0.3, -0.25) is 0 Å². The molecule has 1 rings (SSSR count). The fourth-order valence-electron chi connectivity index (χ4n) is 2.02. The molecule has 0 atom stereocenters. The molecule has 3 N–H and O–H groups in total. The molecular formula is C15H24N2O. The molecule has 0 bridgehead atoms. The lowest BCUT2D eigenvalue weighted by Crippen LogP contribution is -2.29. The van der Waals surface area contributed by atoms with Gasteiger partial charge in [-0.05, 0) is 24.8 Å². The van der Waals surface area contributed by atoms with E-state index in [1.807, 2.05) is 0 Å². The van der Waals surface area contributed by atoms with Crippen molar-refractivity contribution in [2.75, 3.05) is 6.54 Å². The minimum absolute atomic E-state index is 0.419. The summed E-state index contributed by atoms with van der Waals surface area (Å²) >= 11 is 0. The van der Waals surface area contributed by atoms with Crippen LogP contribution in [0.2, 0.25) is 0 Å². The van der Waals surface area contributed by atoms with Crippen LogP contribution in [0, 0.1) is 0 Å². The first-order valence-corrected chi connectivity index (χ1v) is 6.86. The van der Waals surface area contributed by atoms with E-state index in [9.17, 15) is 4.79 Å². The zero-order valence-corrected chi connectivity index (χ0v) is 11.0. The molecule has 0 aromatic heterocycles. The van der Waals surface area contributed by atoms with Crippen LogP contribution in [-0.4, -0.2) is 12.6 Å². The summed E-state index contributed by atoms with van der Waals surface area (Å²) < 4.78 is 0. The number of carbonyl (C=O) groups is 1. The summed E-state index contributed by atoms with van der Waals surface area (Å²) in [5.74, 6) is 0. The second kappa shape index (κ2) is 9.51. The molecule has 0 fully saturated rings. The van der Waals surface area contributed by atoms with E-state index >= 15 is 0 Å². The van der Waals surface area contributed by atoms with Crippen LogP contribution in [0.5, 0.6) is 0 Å². The second-order valence-electron chi connectivity index (χ2n) is 4.65. The van der Waals surface area contributed by atoms with Gasteiger partial charge in [0.2, 0.25) is 0 Å². The molecule has 0 aliphatic heterocycles. The van der Waals surface area contributed by atoms with Crippen LogP contribution in [0.1, 0.15) is 44.1 Å². The molecule has 1 aromatic rings. The average Bonchev–Trinajstić information content (AvgIpc) is 2.37. The number of nitrogens with two attached hydrogens (primary N) is 1. The van der Waals surface area contributed by atoms with E-state index in [1.54, 1.807) is 0 Å². The van der Waals surface area contributed by atoms with Gasteiger partial charge in [-0.25, -0.2) is 4.79 Å². The molecule has 1 aromatic carbocycles. The number of hydrogen-bond donors (Lipinski definition) is 2. The first kappa shape index (κ1) is 14.6. The molecule has 0 saturated heterocycles. The topological polar surface area (TPSA) is 55.1 Å². The monoisotopic (exact) mass is 248 g/mol. The number of urea groups is 1. The van der Waals surface area contributed by atoms with Crippen molar-refractivity contribution in [2.45, 2.75) is 44.9 Å². The third-order valence-corrected chi connectivity index (χ3v) is 3.03. The van der Waals surface area contributed by atoms with E-state index in [4.69, 9.17) is 5.73 Å². The van der Waals surface area contributed by atoms with Crippen LogP contribution in [0.25, 0.3) is 0 Å². The fraction of sp³-hybridized carbons (Fsp3) is 0.533.